The van der Waals surface area contributed by atoms with Gasteiger partial charge in [0.1, 0.15) is 0 Å². The zero-order chi connectivity index (χ0) is 12.1. The second kappa shape index (κ2) is 11.0. The second-order valence-electron chi connectivity index (χ2n) is 3.03. The number of rotatable bonds is 0. The van der Waals surface area contributed by atoms with Gasteiger partial charge in [-0.2, -0.15) is 5.26 Å². The van der Waals surface area contributed by atoms with E-state index in [0.29, 0.717) is 0 Å². The van der Waals surface area contributed by atoms with Crippen molar-refractivity contribution in [3.63, 3.8) is 0 Å². The minimum absolute atomic E-state index is 1.32. The lowest BCUT2D eigenvalue weighted by Crippen LogP contribution is -1.62. The van der Waals surface area contributed by atoms with Crippen molar-refractivity contribution in [1.29, 1.82) is 5.26 Å². The van der Waals surface area contributed by atoms with E-state index in [1.807, 2.05) is 54.6 Å². The lowest BCUT2D eigenvalue weighted by molar-refractivity contribution is 1.48. The normalized spacial score (nSPS) is 7.31. The summed E-state index contributed by atoms with van der Waals surface area (Å²) in [7, 11) is 0. The number of nitrogens with zero attached hydrogens (tertiary/aromatic N) is 1. The van der Waals surface area contributed by atoms with Crippen molar-refractivity contribution in [3.8, 4) is 6.07 Å². The van der Waals surface area contributed by atoms with Crippen molar-refractivity contribution in [2.45, 2.75) is 13.8 Å². The molecule has 0 unspecified atom stereocenters. The van der Waals surface area contributed by atoms with Crippen LogP contribution < -0.4 is 0 Å². The minimum Gasteiger partial charge on any atom is -0.199 e. The fraction of sp³-hybridized carbons (Fsp3) is 0.133. The molecule has 0 saturated heterocycles. The van der Waals surface area contributed by atoms with Gasteiger partial charge < -0.3 is 0 Å². The maximum atomic E-state index is 7.32. The van der Waals surface area contributed by atoms with Crippen LogP contribution in [0.25, 0.3) is 0 Å². The van der Waals surface area contributed by atoms with Crippen LogP contribution >= 0.6 is 0 Å². The van der Waals surface area contributed by atoms with Crippen LogP contribution in [0, 0.1) is 18.3 Å². The van der Waals surface area contributed by atoms with Gasteiger partial charge in [-0.05, 0) is 6.92 Å². The van der Waals surface area contributed by atoms with E-state index in [9.17, 15) is 0 Å². The third kappa shape index (κ3) is 10.0. The van der Waals surface area contributed by atoms with Gasteiger partial charge in [0.15, 0.2) is 0 Å². The van der Waals surface area contributed by atoms with E-state index in [4.69, 9.17) is 5.26 Å². The first kappa shape index (κ1) is 13.9. The summed E-state index contributed by atoms with van der Waals surface area (Å²) in [5, 5.41) is 7.32. The molecule has 2 rings (SSSR count). The molecule has 1 heteroatoms. The highest BCUT2D eigenvalue weighted by Crippen LogP contribution is 1.92. The highest BCUT2D eigenvalue weighted by molar-refractivity contribution is 5.11. The van der Waals surface area contributed by atoms with E-state index in [-0.39, 0.29) is 0 Å². The van der Waals surface area contributed by atoms with Crippen molar-refractivity contribution in [1.82, 2.24) is 0 Å². The third-order valence-corrected chi connectivity index (χ3v) is 1.61. The summed E-state index contributed by atoms with van der Waals surface area (Å²) in [4.78, 5) is 0. The second-order valence-corrected chi connectivity index (χ2v) is 3.03. The topological polar surface area (TPSA) is 23.8 Å². The molecule has 2 aromatic carbocycles. The summed E-state index contributed by atoms with van der Waals surface area (Å²) in [6, 6.07) is 24.0. The smallest absolute Gasteiger partial charge is 0.0587 e. The maximum absolute atomic E-state index is 7.32. The molecule has 0 aliphatic rings. The van der Waals surface area contributed by atoms with E-state index in [2.05, 4.69) is 19.1 Å². The van der Waals surface area contributed by atoms with Crippen LogP contribution in [0.5, 0.6) is 0 Å². The minimum atomic E-state index is 1.32. The molecule has 0 radical (unpaired) electrons. The number of nitriles is 1. The zero-order valence-electron chi connectivity index (χ0n) is 9.80. The van der Waals surface area contributed by atoms with Gasteiger partial charge in [0.2, 0.25) is 0 Å². The number of hydrogen-bond acceptors (Lipinski definition) is 1. The van der Waals surface area contributed by atoms with Crippen LogP contribution in [-0.4, -0.2) is 0 Å². The predicted molar refractivity (Wildman–Crippen MR) is 68.9 cm³/mol. The van der Waals surface area contributed by atoms with Crippen LogP contribution in [-0.2, 0) is 0 Å². The first-order valence-corrected chi connectivity index (χ1v) is 5.13. The summed E-state index contributed by atoms with van der Waals surface area (Å²) in [5.41, 5.74) is 1.32. The summed E-state index contributed by atoms with van der Waals surface area (Å²) in [6.45, 7) is 3.51. The van der Waals surface area contributed by atoms with Crippen molar-refractivity contribution in [2.75, 3.05) is 0 Å². The van der Waals surface area contributed by atoms with Crippen molar-refractivity contribution < 1.29 is 0 Å². The largest absolute Gasteiger partial charge is 0.199 e. The molecular formula is C15H17N. The molecule has 0 saturated carbocycles. The quantitative estimate of drug-likeness (QED) is 0.640. The number of hydrogen-bond donors (Lipinski definition) is 0. The van der Waals surface area contributed by atoms with E-state index < -0.39 is 0 Å². The average Bonchev–Trinajstić information content (AvgIpc) is 2.34. The molecule has 0 atom stereocenters. The molecule has 0 aromatic heterocycles. The Hall–Kier alpha value is -2.07. The third-order valence-electron chi connectivity index (χ3n) is 1.61. The highest BCUT2D eigenvalue weighted by atomic mass is 14.2. The van der Waals surface area contributed by atoms with Crippen molar-refractivity contribution in [3.05, 3.63) is 72.3 Å². The molecule has 0 aliphatic carbocycles. The molecule has 82 valence electrons. The Balaban J connectivity index is 0.000000230. The standard InChI is InChI=1S/C7H8.C6H6.C2H3N/c1-7-5-3-2-4-6-7;1-2-4-6-5-3-1;1-2-3/h2-6H,1H3;1-6H;1H3. The summed E-state index contributed by atoms with van der Waals surface area (Å²) in [6.07, 6.45) is 0. The van der Waals surface area contributed by atoms with Gasteiger partial charge in [0, 0.05) is 6.92 Å². The first-order chi connectivity index (χ1) is 7.81. The summed E-state index contributed by atoms with van der Waals surface area (Å²) < 4.78 is 0. The van der Waals surface area contributed by atoms with Crippen molar-refractivity contribution in [2.24, 2.45) is 0 Å². The fourth-order valence-corrected chi connectivity index (χ4v) is 0.919. The Bertz CT molecular complexity index is 346. The van der Waals surface area contributed by atoms with Crippen LogP contribution in [0.1, 0.15) is 12.5 Å². The molecule has 0 spiro atoms. The van der Waals surface area contributed by atoms with Crippen LogP contribution in [0.15, 0.2) is 66.7 Å². The highest BCUT2D eigenvalue weighted by Gasteiger charge is 1.72. The van der Waals surface area contributed by atoms with E-state index in [1.165, 1.54) is 12.5 Å². The molecule has 0 fully saturated rings. The van der Waals surface area contributed by atoms with Crippen LogP contribution in [0.2, 0.25) is 0 Å². The van der Waals surface area contributed by atoms with Gasteiger partial charge in [-0.25, -0.2) is 0 Å². The van der Waals surface area contributed by atoms with Crippen molar-refractivity contribution >= 4 is 0 Å². The Kier molecular flexibility index (Phi) is 9.58. The Morgan fingerprint density at radius 3 is 1.19 bits per heavy atom. The molecule has 1 nitrogen and oxygen atoms in total. The summed E-state index contributed by atoms with van der Waals surface area (Å²) >= 11 is 0. The molecular weight excluding hydrogens is 194 g/mol. The first-order valence-electron chi connectivity index (χ1n) is 5.13. The molecule has 0 amide bonds. The lowest BCUT2D eigenvalue weighted by atomic mass is 10.2. The molecule has 0 aliphatic heterocycles. The Morgan fingerprint density at radius 2 is 1.00 bits per heavy atom. The average molecular weight is 211 g/mol. The van der Waals surface area contributed by atoms with Gasteiger partial charge in [0.25, 0.3) is 0 Å². The van der Waals surface area contributed by atoms with E-state index in [1.54, 1.807) is 6.07 Å². The van der Waals surface area contributed by atoms with Gasteiger partial charge in [0.05, 0.1) is 6.07 Å². The zero-order valence-corrected chi connectivity index (χ0v) is 9.80. The Labute approximate surface area is 98.0 Å². The monoisotopic (exact) mass is 211 g/mol. The number of aryl methyl sites for hydroxylation is 1. The maximum Gasteiger partial charge on any atom is 0.0587 e. The van der Waals surface area contributed by atoms with Crippen LogP contribution in [0.3, 0.4) is 0 Å². The molecule has 2 aromatic rings. The Morgan fingerprint density at radius 1 is 0.750 bits per heavy atom. The van der Waals surface area contributed by atoms with Crippen LogP contribution in [0.4, 0.5) is 0 Å². The molecule has 0 bridgehead atoms. The fourth-order valence-electron chi connectivity index (χ4n) is 0.919. The number of benzene rings is 2. The van der Waals surface area contributed by atoms with Gasteiger partial charge >= 0.3 is 0 Å². The molecule has 0 heterocycles. The van der Waals surface area contributed by atoms with E-state index >= 15 is 0 Å². The predicted octanol–water partition coefficient (Wildman–Crippen LogP) is 4.21. The SMILES string of the molecule is CC#N.Cc1ccccc1.c1ccccc1. The van der Waals surface area contributed by atoms with Gasteiger partial charge in [-0.1, -0.05) is 72.3 Å². The van der Waals surface area contributed by atoms with Gasteiger partial charge in [-0.15, -0.1) is 0 Å². The lowest BCUT2D eigenvalue weighted by Gasteiger charge is -1.82. The summed E-state index contributed by atoms with van der Waals surface area (Å²) in [5.74, 6) is 0. The van der Waals surface area contributed by atoms with E-state index in [0.717, 1.165) is 0 Å². The van der Waals surface area contributed by atoms with Gasteiger partial charge in [-0.3, -0.25) is 0 Å². The molecule has 16 heavy (non-hydrogen) atoms. The molecule has 0 N–H and O–H groups in total.